The molecule has 0 heterocycles. The molecule has 1 atom stereocenters. The van der Waals surface area contributed by atoms with E-state index >= 15 is 0 Å². The fourth-order valence-electron chi connectivity index (χ4n) is 0.799. The highest BCUT2D eigenvalue weighted by molar-refractivity contribution is 5.50. The summed E-state index contributed by atoms with van der Waals surface area (Å²) < 4.78 is 0. The summed E-state index contributed by atoms with van der Waals surface area (Å²) >= 11 is 0. The lowest BCUT2D eigenvalue weighted by Crippen LogP contribution is -2.28. The maximum atomic E-state index is 10.0. The molecule has 0 aromatic carbocycles. The molecule has 1 unspecified atom stereocenters. The summed E-state index contributed by atoms with van der Waals surface area (Å²) in [5.74, 6) is 0. The van der Waals surface area contributed by atoms with E-state index in [1.165, 1.54) is 0 Å². The van der Waals surface area contributed by atoms with Gasteiger partial charge in [-0.1, -0.05) is 13.8 Å². The number of hydrogen-bond acceptors (Lipinski definition) is 2. The molecule has 54 valence electrons. The van der Waals surface area contributed by atoms with Gasteiger partial charge in [-0.15, -0.1) is 0 Å². The van der Waals surface area contributed by atoms with Gasteiger partial charge in [0, 0.05) is 12.5 Å². The molecule has 0 aliphatic rings. The van der Waals surface area contributed by atoms with Crippen LogP contribution < -0.4 is 5.32 Å². The maximum absolute atomic E-state index is 10.0. The minimum Gasteiger partial charge on any atom is -0.314 e. The molecule has 1 N–H and O–H groups in total. The van der Waals surface area contributed by atoms with Crippen LogP contribution in [-0.4, -0.2) is 18.9 Å². The van der Waals surface area contributed by atoms with Gasteiger partial charge in [-0.25, -0.2) is 0 Å². The Bertz CT molecular complexity index is 73.3. The lowest BCUT2D eigenvalue weighted by molar-refractivity contribution is -0.108. The van der Waals surface area contributed by atoms with Crippen molar-refractivity contribution in [2.75, 3.05) is 6.54 Å². The van der Waals surface area contributed by atoms with Crippen molar-refractivity contribution in [1.82, 2.24) is 5.32 Å². The summed E-state index contributed by atoms with van der Waals surface area (Å²) in [4.78, 5) is 10.0. The van der Waals surface area contributed by atoms with Crippen LogP contribution in [0.1, 0.15) is 26.7 Å². The highest BCUT2D eigenvalue weighted by Gasteiger charge is 2.00. The van der Waals surface area contributed by atoms with Gasteiger partial charge in [-0.05, 0) is 13.0 Å². The van der Waals surface area contributed by atoms with E-state index in [1.54, 1.807) is 0 Å². The fourth-order valence-corrected chi connectivity index (χ4v) is 0.799. The minimum atomic E-state index is 0.396. The highest BCUT2D eigenvalue weighted by atomic mass is 16.1. The van der Waals surface area contributed by atoms with Crippen LogP contribution in [0.15, 0.2) is 0 Å². The Hall–Kier alpha value is -0.370. The number of carbonyl (C=O) groups is 1. The molecule has 0 aliphatic heterocycles. The third-order valence-electron chi connectivity index (χ3n) is 1.37. The van der Waals surface area contributed by atoms with E-state index in [0.29, 0.717) is 12.5 Å². The standard InChI is InChI=1S/C7H15NO/c1-3-7(5-6-9)8-4-2/h6-8H,3-5H2,1-2H3. The van der Waals surface area contributed by atoms with Crippen molar-refractivity contribution in [3.8, 4) is 0 Å². The van der Waals surface area contributed by atoms with Crippen LogP contribution in [0.3, 0.4) is 0 Å². The van der Waals surface area contributed by atoms with Crippen molar-refractivity contribution < 1.29 is 4.79 Å². The zero-order chi connectivity index (χ0) is 7.11. The van der Waals surface area contributed by atoms with Crippen molar-refractivity contribution in [2.24, 2.45) is 0 Å². The number of aldehydes is 1. The molecule has 0 fully saturated rings. The van der Waals surface area contributed by atoms with E-state index in [0.717, 1.165) is 19.3 Å². The maximum Gasteiger partial charge on any atom is 0.121 e. The third kappa shape index (κ3) is 4.15. The van der Waals surface area contributed by atoms with Crippen molar-refractivity contribution >= 4 is 6.29 Å². The molecule has 0 saturated heterocycles. The molecule has 0 saturated carbocycles. The van der Waals surface area contributed by atoms with Gasteiger partial charge in [-0.3, -0.25) is 0 Å². The van der Waals surface area contributed by atoms with E-state index in [2.05, 4.69) is 12.2 Å². The topological polar surface area (TPSA) is 29.1 Å². The average molecular weight is 129 g/mol. The first-order chi connectivity index (χ1) is 4.35. The predicted octanol–water partition coefficient (Wildman–Crippen LogP) is 0.964. The highest BCUT2D eigenvalue weighted by Crippen LogP contribution is 1.92. The zero-order valence-electron chi connectivity index (χ0n) is 6.18. The van der Waals surface area contributed by atoms with Gasteiger partial charge >= 0.3 is 0 Å². The molecule has 0 aliphatic carbocycles. The zero-order valence-corrected chi connectivity index (χ0v) is 6.18. The molecular weight excluding hydrogens is 114 g/mol. The molecule has 0 rings (SSSR count). The van der Waals surface area contributed by atoms with Crippen molar-refractivity contribution in [2.45, 2.75) is 32.7 Å². The molecular formula is C7H15NO. The van der Waals surface area contributed by atoms with Gasteiger partial charge in [0.05, 0.1) is 0 Å². The van der Waals surface area contributed by atoms with Gasteiger partial charge in [0.2, 0.25) is 0 Å². The number of hydrogen-bond donors (Lipinski definition) is 1. The van der Waals surface area contributed by atoms with Crippen LogP contribution in [-0.2, 0) is 4.79 Å². The molecule has 0 radical (unpaired) electrons. The second-order valence-corrected chi connectivity index (χ2v) is 2.07. The minimum absolute atomic E-state index is 0.396. The number of carbonyl (C=O) groups excluding carboxylic acids is 1. The predicted molar refractivity (Wildman–Crippen MR) is 38.4 cm³/mol. The Morgan fingerprint density at radius 1 is 1.56 bits per heavy atom. The van der Waals surface area contributed by atoms with Gasteiger partial charge in [0.1, 0.15) is 6.29 Å². The molecule has 2 nitrogen and oxygen atoms in total. The van der Waals surface area contributed by atoms with Crippen molar-refractivity contribution in [3.05, 3.63) is 0 Å². The average Bonchev–Trinajstić information content (AvgIpc) is 1.88. The van der Waals surface area contributed by atoms with Crippen LogP contribution in [0.5, 0.6) is 0 Å². The summed E-state index contributed by atoms with van der Waals surface area (Å²) in [5.41, 5.74) is 0. The Labute approximate surface area is 56.6 Å². The SMILES string of the molecule is CCNC(CC)CC=O. The molecule has 0 bridgehead atoms. The molecule has 9 heavy (non-hydrogen) atoms. The first-order valence-corrected chi connectivity index (χ1v) is 3.52. The van der Waals surface area contributed by atoms with E-state index in [9.17, 15) is 4.79 Å². The van der Waals surface area contributed by atoms with Gasteiger partial charge < -0.3 is 10.1 Å². The fraction of sp³-hybridized carbons (Fsp3) is 0.857. The van der Waals surface area contributed by atoms with E-state index in [-0.39, 0.29) is 0 Å². The quantitative estimate of drug-likeness (QED) is 0.560. The second kappa shape index (κ2) is 5.76. The first-order valence-electron chi connectivity index (χ1n) is 3.52. The van der Waals surface area contributed by atoms with Crippen molar-refractivity contribution in [3.63, 3.8) is 0 Å². The molecule has 0 aromatic heterocycles. The summed E-state index contributed by atoms with van der Waals surface area (Å²) in [5, 5.41) is 3.20. The molecule has 0 spiro atoms. The molecule has 2 heteroatoms. The van der Waals surface area contributed by atoms with Crippen molar-refractivity contribution in [1.29, 1.82) is 0 Å². The Morgan fingerprint density at radius 2 is 2.22 bits per heavy atom. The van der Waals surface area contributed by atoms with Crippen LogP contribution in [0.25, 0.3) is 0 Å². The second-order valence-electron chi connectivity index (χ2n) is 2.07. The van der Waals surface area contributed by atoms with Crippen LogP contribution in [0.2, 0.25) is 0 Å². The summed E-state index contributed by atoms with van der Waals surface area (Å²) in [6, 6.07) is 0.396. The lowest BCUT2D eigenvalue weighted by Gasteiger charge is -2.10. The third-order valence-corrected chi connectivity index (χ3v) is 1.37. The number of nitrogens with one attached hydrogen (secondary N) is 1. The first kappa shape index (κ1) is 8.63. The largest absolute Gasteiger partial charge is 0.314 e. The number of rotatable bonds is 5. The Balaban J connectivity index is 3.28. The Morgan fingerprint density at radius 3 is 2.56 bits per heavy atom. The Kier molecular flexibility index (Phi) is 5.52. The summed E-state index contributed by atoms with van der Waals surface area (Å²) in [7, 11) is 0. The van der Waals surface area contributed by atoms with E-state index < -0.39 is 0 Å². The van der Waals surface area contributed by atoms with Crippen LogP contribution >= 0.6 is 0 Å². The van der Waals surface area contributed by atoms with Crippen LogP contribution in [0, 0.1) is 0 Å². The van der Waals surface area contributed by atoms with Crippen LogP contribution in [0.4, 0.5) is 0 Å². The van der Waals surface area contributed by atoms with E-state index in [4.69, 9.17) is 0 Å². The monoisotopic (exact) mass is 129 g/mol. The molecule has 0 aromatic rings. The summed E-state index contributed by atoms with van der Waals surface area (Å²) in [6.07, 6.45) is 2.65. The molecule has 0 amide bonds. The van der Waals surface area contributed by atoms with Gasteiger partial charge in [0.15, 0.2) is 0 Å². The lowest BCUT2D eigenvalue weighted by atomic mass is 10.2. The van der Waals surface area contributed by atoms with E-state index in [1.807, 2.05) is 6.92 Å². The van der Waals surface area contributed by atoms with Gasteiger partial charge in [-0.2, -0.15) is 0 Å². The smallest absolute Gasteiger partial charge is 0.121 e. The van der Waals surface area contributed by atoms with Gasteiger partial charge in [0.25, 0.3) is 0 Å². The summed E-state index contributed by atoms with van der Waals surface area (Å²) in [6.45, 7) is 5.08. The normalized spacial score (nSPS) is 13.1.